The van der Waals surface area contributed by atoms with Gasteiger partial charge < -0.3 is 4.90 Å². The summed E-state index contributed by atoms with van der Waals surface area (Å²) in [7, 11) is 0. The Bertz CT molecular complexity index is 852. The average Bonchev–Trinajstić information content (AvgIpc) is 3.09. The topological polar surface area (TPSA) is 66.1 Å². The van der Waals surface area contributed by atoms with Gasteiger partial charge in [0.05, 0.1) is 5.69 Å². The summed E-state index contributed by atoms with van der Waals surface area (Å²) in [5.74, 6) is 0.658. The van der Waals surface area contributed by atoms with E-state index in [0.29, 0.717) is 5.92 Å². The van der Waals surface area contributed by atoms with E-state index in [0.717, 1.165) is 56.5 Å². The first-order valence-electron chi connectivity index (χ1n) is 9.70. The number of carbonyl (C=O) groups excluding carboxylic acids is 1. The van der Waals surface area contributed by atoms with E-state index < -0.39 is 0 Å². The first-order chi connectivity index (χ1) is 13.1. The highest BCUT2D eigenvalue weighted by atomic mass is 16.2. The van der Waals surface area contributed by atoms with Crippen molar-refractivity contribution in [2.24, 2.45) is 5.92 Å². The van der Waals surface area contributed by atoms with Crippen molar-refractivity contribution < 1.29 is 4.79 Å². The summed E-state index contributed by atoms with van der Waals surface area (Å²) in [5.41, 5.74) is 4.42. The normalized spacial score (nSPS) is 15.4. The molecule has 0 saturated heterocycles. The maximum absolute atomic E-state index is 11.9. The number of aromatic nitrogens is 2. The molecule has 1 amide bonds. The smallest absolute Gasteiger partial charge is 0.264 e. The van der Waals surface area contributed by atoms with Gasteiger partial charge in [-0.25, -0.2) is 5.10 Å². The highest BCUT2D eigenvalue weighted by molar-refractivity contribution is 5.86. The molecule has 1 unspecified atom stereocenters. The third-order valence-electron chi connectivity index (χ3n) is 5.22. The van der Waals surface area contributed by atoms with Crippen molar-refractivity contribution in [3.63, 3.8) is 0 Å². The Morgan fingerprint density at radius 2 is 2.07 bits per heavy atom. The van der Waals surface area contributed by atoms with E-state index in [2.05, 4.69) is 41.9 Å². The first-order valence-corrected chi connectivity index (χ1v) is 9.70. The van der Waals surface area contributed by atoms with Gasteiger partial charge in [0.1, 0.15) is 0 Å². The molecule has 1 aromatic carbocycles. The third-order valence-corrected chi connectivity index (χ3v) is 5.22. The number of aromatic amines is 1. The van der Waals surface area contributed by atoms with E-state index in [-0.39, 0.29) is 11.5 Å². The number of amides is 1. The van der Waals surface area contributed by atoms with E-state index in [9.17, 15) is 9.59 Å². The fraction of sp³-hybridized carbons (Fsp3) is 0.409. The van der Waals surface area contributed by atoms with E-state index >= 15 is 0 Å². The Morgan fingerprint density at radius 3 is 2.78 bits per heavy atom. The van der Waals surface area contributed by atoms with Crippen LogP contribution in [0.4, 0.5) is 0 Å². The van der Waals surface area contributed by atoms with Crippen LogP contribution in [0.1, 0.15) is 37.3 Å². The van der Waals surface area contributed by atoms with E-state index in [1.165, 1.54) is 23.3 Å². The van der Waals surface area contributed by atoms with Gasteiger partial charge in [-0.1, -0.05) is 25.6 Å². The fourth-order valence-corrected chi connectivity index (χ4v) is 3.88. The van der Waals surface area contributed by atoms with Crippen LogP contribution in [-0.4, -0.2) is 34.1 Å². The summed E-state index contributed by atoms with van der Waals surface area (Å²) < 4.78 is 0. The minimum absolute atomic E-state index is 0.0320. The highest BCUT2D eigenvalue weighted by Crippen LogP contribution is 2.32. The molecule has 1 atom stereocenters. The van der Waals surface area contributed by atoms with Gasteiger partial charge in [0, 0.05) is 24.7 Å². The standard InChI is InChI=1S/C22H27N3O2/c1-3-11-25(22(27)4-2)12-5-6-16-13-17-7-8-18(15-19(17)14-16)20-9-10-21(26)24-23-20/h4,7-10,15-16H,2-3,5-6,11-14H2,1H3,(H,24,26). The third kappa shape index (κ3) is 4.73. The Hall–Kier alpha value is -2.69. The van der Waals surface area contributed by atoms with Gasteiger partial charge in [-0.3, -0.25) is 9.59 Å². The van der Waals surface area contributed by atoms with Crippen LogP contribution < -0.4 is 5.56 Å². The molecule has 2 aromatic rings. The zero-order valence-electron chi connectivity index (χ0n) is 15.9. The molecule has 1 N–H and O–H groups in total. The number of carbonyl (C=O) groups is 1. The van der Waals surface area contributed by atoms with Crippen molar-refractivity contribution in [3.05, 3.63) is 64.5 Å². The molecule has 5 nitrogen and oxygen atoms in total. The van der Waals surface area contributed by atoms with Gasteiger partial charge in [0.2, 0.25) is 5.91 Å². The molecule has 0 aliphatic heterocycles. The molecule has 142 valence electrons. The van der Waals surface area contributed by atoms with Crippen molar-refractivity contribution >= 4 is 5.91 Å². The van der Waals surface area contributed by atoms with Crippen molar-refractivity contribution in [1.29, 1.82) is 0 Å². The minimum Gasteiger partial charge on any atom is -0.339 e. The highest BCUT2D eigenvalue weighted by Gasteiger charge is 2.22. The molecular formula is C22H27N3O2. The molecule has 1 aliphatic carbocycles. The maximum Gasteiger partial charge on any atom is 0.264 e. The monoisotopic (exact) mass is 365 g/mol. The van der Waals surface area contributed by atoms with Crippen LogP contribution in [0.5, 0.6) is 0 Å². The second-order valence-corrected chi connectivity index (χ2v) is 7.24. The van der Waals surface area contributed by atoms with E-state index in [1.807, 2.05) is 4.90 Å². The molecule has 5 heteroatoms. The molecule has 1 heterocycles. The van der Waals surface area contributed by atoms with Crippen LogP contribution in [-0.2, 0) is 17.6 Å². The summed E-state index contributed by atoms with van der Waals surface area (Å²) in [5, 5.41) is 6.61. The van der Waals surface area contributed by atoms with Gasteiger partial charge >= 0.3 is 0 Å². The molecule has 3 rings (SSSR count). The molecule has 0 saturated carbocycles. The fourth-order valence-electron chi connectivity index (χ4n) is 3.88. The molecule has 0 spiro atoms. The lowest BCUT2D eigenvalue weighted by molar-refractivity contribution is -0.126. The molecule has 27 heavy (non-hydrogen) atoms. The summed E-state index contributed by atoms with van der Waals surface area (Å²) in [4.78, 5) is 25.0. The lowest BCUT2D eigenvalue weighted by atomic mass is 10.00. The molecule has 0 bridgehead atoms. The number of hydrogen-bond donors (Lipinski definition) is 1. The number of nitrogens with zero attached hydrogens (tertiary/aromatic N) is 2. The molecule has 0 fully saturated rings. The predicted octanol–water partition coefficient (Wildman–Crippen LogP) is 3.36. The summed E-state index contributed by atoms with van der Waals surface area (Å²) >= 11 is 0. The molecule has 1 aromatic heterocycles. The van der Waals surface area contributed by atoms with Crippen molar-refractivity contribution in [2.45, 2.75) is 39.0 Å². The zero-order valence-corrected chi connectivity index (χ0v) is 15.9. The minimum atomic E-state index is -0.188. The number of nitrogens with one attached hydrogen (secondary N) is 1. The van der Waals surface area contributed by atoms with Crippen molar-refractivity contribution in [1.82, 2.24) is 15.1 Å². The summed E-state index contributed by atoms with van der Waals surface area (Å²) in [6.07, 6.45) is 6.68. The average molecular weight is 365 g/mol. The summed E-state index contributed by atoms with van der Waals surface area (Å²) in [6, 6.07) is 9.72. The quantitative estimate of drug-likeness (QED) is 0.730. The van der Waals surface area contributed by atoms with Crippen LogP contribution in [0.15, 0.2) is 47.8 Å². The van der Waals surface area contributed by atoms with Crippen LogP contribution in [0.3, 0.4) is 0 Å². The van der Waals surface area contributed by atoms with Crippen LogP contribution in [0.2, 0.25) is 0 Å². The molecule has 0 radical (unpaired) electrons. The van der Waals surface area contributed by atoms with Crippen molar-refractivity contribution in [3.8, 4) is 11.3 Å². The van der Waals surface area contributed by atoms with Gasteiger partial charge in [-0.2, -0.15) is 5.10 Å². The summed E-state index contributed by atoms with van der Waals surface area (Å²) in [6.45, 7) is 7.29. The number of hydrogen-bond acceptors (Lipinski definition) is 3. The number of benzene rings is 1. The SMILES string of the molecule is C=CC(=O)N(CCC)CCCC1Cc2ccc(-c3ccc(=O)[nH]n3)cc2C1. The zero-order chi connectivity index (χ0) is 19.2. The van der Waals surface area contributed by atoms with Gasteiger partial charge in [0.25, 0.3) is 5.56 Å². The second-order valence-electron chi connectivity index (χ2n) is 7.24. The van der Waals surface area contributed by atoms with E-state index in [1.54, 1.807) is 6.07 Å². The number of fused-ring (bicyclic) bond motifs is 1. The number of rotatable bonds is 8. The van der Waals surface area contributed by atoms with Crippen LogP contribution in [0.25, 0.3) is 11.3 Å². The van der Waals surface area contributed by atoms with Gasteiger partial charge in [-0.15, -0.1) is 0 Å². The van der Waals surface area contributed by atoms with Crippen molar-refractivity contribution in [2.75, 3.05) is 13.1 Å². The lowest BCUT2D eigenvalue weighted by Gasteiger charge is -2.21. The van der Waals surface area contributed by atoms with Gasteiger partial charge in [-0.05, 0) is 67.4 Å². The lowest BCUT2D eigenvalue weighted by Crippen LogP contribution is -2.31. The second kappa shape index (κ2) is 8.80. The Balaban J connectivity index is 1.57. The van der Waals surface area contributed by atoms with Crippen LogP contribution >= 0.6 is 0 Å². The predicted molar refractivity (Wildman–Crippen MR) is 107 cm³/mol. The first kappa shape index (κ1) is 19.1. The maximum atomic E-state index is 11.9. The van der Waals surface area contributed by atoms with E-state index in [4.69, 9.17) is 0 Å². The Labute approximate surface area is 160 Å². The molecular weight excluding hydrogens is 338 g/mol. The Kier molecular flexibility index (Phi) is 6.22. The Morgan fingerprint density at radius 1 is 1.26 bits per heavy atom. The largest absolute Gasteiger partial charge is 0.339 e. The van der Waals surface area contributed by atoms with Gasteiger partial charge in [0.15, 0.2) is 0 Å². The number of H-pyrrole nitrogens is 1. The van der Waals surface area contributed by atoms with Crippen LogP contribution in [0, 0.1) is 5.92 Å². The molecule has 1 aliphatic rings.